The molecular formula is C24H32N2O. The van der Waals surface area contributed by atoms with E-state index in [-0.39, 0.29) is 13.4 Å². The molecule has 0 saturated heterocycles. The summed E-state index contributed by atoms with van der Waals surface area (Å²) in [6.07, 6.45) is 2.75. The summed E-state index contributed by atoms with van der Waals surface area (Å²) in [4.78, 5) is 18.9. The van der Waals surface area contributed by atoms with Crippen LogP contribution >= 0.6 is 0 Å². The molecule has 0 bridgehead atoms. The zero-order valence-corrected chi connectivity index (χ0v) is 16.9. The Kier molecular flexibility index (Phi) is 6.73. The second-order valence-corrected chi connectivity index (χ2v) is 7.09. The SMILES string of the molecule is C=C.C=Cc1ccc2c(c1)[C@H](Cc1cccc(C)n1)C(C)[C@H](C)N2C(C)=O.[HH]. The van der Waals surface area contributed by atoms with Gasteiger partial charge in [-0.2, -0.15) is 0 Å². The summed E-state index contributed by atoms with van der Waals surface area (Å²) in [5.74, 6) is 0.771. The van der Waals surface area contributed by atoms with Crippen LogP contribution in [0.1, 0.15) is 50.6 Å². The van der Waals surface area contributed by atoms with Gasteiger partial charge in [0.1, 0.15) is 0 Å². The molecule has 1 aromatic heterocycles. The van der Waals surface area contributed by atoms with Crippen molar-refractivity contribution in [3.63, 3.8) is 0 Å². The molecule has 0 aliphatic carbocycles. The Morgan fingerprint density at radius 2 is 1.96 bits per heavy atom. The number of amides is 1. The van der Waals surface area contributed by atoms with E-state index in [0.29, 0.717) is 11.8 Å². The van der Waals surface area contributed by atoms with E-state index in [4.69, 9.17) is 4.98 Å². The van der Waals surface area contributed by atoms with Crippen LogP contribution in [0.25, 0.3) is 6.08 Å². The minimum Gasteiger partial charge on any atom is -0.309 e. The number of nitrogens with zero attached hydrogens (tertiary/aromatic N) is 2. The summed E-state index contributed by atoms with van der Waals surface area (Å²) in [5, 5.41) is 0. The Morgan fingerprint density at radius 1 is 1.26 bits per heavy atom. The number of hydrogen-bond acceptors (Lipinski definition) is 2. The van der Waals surface area contributed by atoms with Gasteiger partial charge in [-0.05, 0) is 67.5 Å². The minimum atomic E-state index is 0. The number of hydrogen-bond donors (Lipinski definition) is 0. The molecule has 1 aliphatic rings. The molecule has 0 fully saturated rings. The van der Waals surface area contributed by atoms with E-state index in [9.17, 15) is 4.79 Å². The van der Waals surface area contributed by atoms with Gasteiger partial charge in [-0.25, -0.2) is 0 Å². The van der Waals surface area contributed by atoms with E-state index in [1.807, 2.05) is 30.0 Å². The number of carbonyl (C=O) groups is 1. The average Bonchev–Trinajstić information content (AvgIpc) is 2.66. The predicted molar refractivity (Wildman–Crippen MR) is 117 cm³/mol. The molecule has 0 N–H and O–H groups in total. The van der Waals surface area contributed by atoms with E-state index in [1.165, 1.54) is 5.56 Å². The molecule has 1 aromatic carbocycles. The van der Waals surface area contributed by atoms with E-state index >= 15 is 0 Å². The molecule has 1 amide bonds. The molecule has 0 radical (unpaired) electrons. The quantitative estimate of drug-likeness (QED) is 0.645. The molecule has 2 aromatic rings. The third-order valence-electron chi connectivity index (χ3n) is 5.46. The van der Waals surface area contributed by atoms with Crippen molar-refractivity contribution in [2.24, 2.45) is 5.92 Å². The average molecular weight is 365 g/mol. The summed E-state index contributed by atoms with van der Waals surface area (Å²) < 4.78 is 0. The maximum absolute atomic E-state index is 12.3. The number of carbonyl (C=O) groups excluding carboxylic acids is 1. The number of aromatic nitrogens is 1. The fourth-order valence-electron chi connectivity index (χ4n) is 3.98. The molecule has 27 heavy (non-hydrogen) atoms. The highest BCUT2D eigenvalue weighted by molar-refractivity contribution is 5.94. The predicted octanol–water partition coefficient (Wildman–Crippen LogP) is 5.80. The Hall–Kier alpha value is -2.68. The van der Waals surface area contributed by atoms with Crippen molar-refractivity contribution in [1.29, 1.82) is 0 Å². The molecule has 3 nitrogen and oxygen atoms in total. The van der Waals surface area contributed by atoms with Crippen LogP contribution in [-0.4, -0.2) is 16.9 Å². The maximum Gasteiger partial charge on any atom is 0.224 e. The van der Waals surface area contributed by atoms with Crippen LogP contribution in [0, 0.1) is 12.8 Å². The molecule has 3 atom stereocenters. The topological polar surface area (TPSA) is 33.2 Å². The van der Waals surface area contributed by atoms with Crippen LogP contribution in [0.3, 0.4) is 0 Å². The van der Waals surface area contributed by atoms with Crippen LogP contribution in [0.2, 0.25) is 0 Å². The summed E-state index contributed by atoms with van der Waals surface area (Å²) in [5.41, 5.74) is 5.49. The number of benzene rings is 1. The van der Waals surface area contributed by atoms with Crippen LogP contribution in [0.4, 0.5) is 5.69 Å². The van der Waals surface area contributed by atoms with Gasteiger partial charge >= 0.3 is 0 Å². The van der Waals surface area contributed by atoms with Crippen LogP contribution in [0.15, 0.2) is 56.1 Å². The minimum absolute atomic E-state index is 0. The zero-order chi connectivity index (χ0) is 20.1. The normalized spacial score (nSPS) is 20.9. The first-order valence-corrected chi connectivity index (χ1v) is 9.41. The molecule has 3 heteroatoms. The van der Waals surface area contributed by atoms with Crippen molar-refractivity contribution in [3.8, 4) is 0 Å². The van der Waals surface area contributed by atoms with Crippen LogP contribution < -0.4 is 4.90 Å². The second-order valence-electron chi connectivity index (χ2n) is 7.09. The van der Waals surface area contributed by atoms with E-state index in [1.54, 1.807) is 6.92 Å². The van der Waals surface area contributed by atoms with Crippen molar-refractivity contribution in [3.05, 3.63) is 78.6 Å². The number of pyridine rings is 1. The summed E-state index contributed by atoms with van der Waals surface area (Å²) in [7, 11) is 0. The van der Waals surface area contributed by atoms with Crippen molar-refractivity contribution < 1.29 is 6.22 Å². The first-order chi connectivity index (χ1) is 12.9. The van der Waals surface area contributed by atoms with Gasteiger partial charge in [0.2, 0.25) is 5.91 Å². The standard InChI is InChI=1S/C22H26N2O.C2H4.H2/c1-6-18-10-11-22-21(12-18)20(13-19-9-7-8-14(2)23-19)15(3)16(4)24(22)17(5)25;1-2;/h6-12,15-16,20H,1,13H2,2-5H3;1-2H2;1H/t15?,16-,20+;;/m0../s1. The van der Waals surface area contributed by atoms with Crippen molar-refractivity contribution >= 4 is 17.7 Å². The van der Waals surface area contributed by atoms with Gasteiger partial charge in [0.15, 0.2) is 0 Å². The lowest BCUT2D eigenvalue weighted by atomic mass is 9.75. The number of aryl methyl sites for hydroxylation is 1. The van der Waals surface area contributed by atoms with Crippen molar-refractivity contribution in [2.75, 3.05) is 4.90 Å². The van der Waals surface area contributed by atoms with Crippen LogP contribution in [0.5, 0.6) is 0 Å². The van der Waals surface area contributed by atoms with Gasteiger partial charge in [-0.15, -0.1) is 13.2 Å². The second kappa shape index (κ2) is 8.81. The summed E-state index contributed by atoms with van der Waals surface area (Å²) in [6.45, 7) is 18.0. The van der Waals surface area contributed by atoms with Gasteiger partial charge in [0, 0.05) is 31.5 Å². The molecule has 2 heterocycles. The largest absolute Gasteiger partial charge is 0.309 e. The lowest BCUT2D eigenvalue weighted by Crippen LogP contribution is -2.47. The fraction of sp³-hybridized carbons (Fsp3) is 0.333. The smallest absolute Gasteiger partial charge is 0.224 e. The highest BCUT2D eigenvalue weighted by atomic mass is 16.2. The molecule has 1 aliphatic heterocycles. The van der Waals surface area contributed by atoms with Gasteiger partial charge in [0.05, 0.1) is 0 Å². The molecule has 0 spiro atoms. The number of anilines is 1. The summed E-state index contributed by atoms with van der Waals surface area (Å²) >= 11 is 0. The van der Waals surface area contributed by atoms with E-state index in [0.717, 1.165) is 29.1 Å². The fourth-order valence-corrected chi connectivity index (χ4v) is 3.98. The lowest BCUT2D eigenvalue weighted by molar-refractivity contribution is -0.117. The highest BCUT2D eigenvalue weighted by Gasteiger charge is 2.38. The van der Waals surface area contributed by atoms with E-state index < -0.39 is 0 Å². The lowest BCUT2D eigenvalue weighted by Gasteiger charge is -2.44. The van der Waals surface area contributed by atoms with Crippen molar-refractivity contribution in [2.45, 2.75) is 46.1 Å². The molecule has 1 unspecified atom stereocenters. The van der Waals surface area contributed by atoms with E-state index in [2.05, 4.69) is 57.8 Å². The molecular weight excluding hydrogens is 332 g/mol. The van der Waals surface area contributed by atoms with Gasteiger partial charge in [-0.3, -0.25) is 9.78 Å². The van der Waals surface area contributed by atoms with Crippen molar-refractivity contribution in [1.82, 2.24) is 4.98 Å². The molecule has 0 saturated carbocycles. The molecule has 3 rings (SSSR count). The monoisotopic (exact) mass is 364 g/mol. The third-order valence-corrected chi connectivity index (χ3v) is 5.46. The van der Waals surface area contributed by atoms with Gasteiger partial charge in [0.25, 0.3) is 0 Å². The number of rotatable bonds is 3. The summed E-state index contributed by atoms with van der Waals surface area (Å²) in [6, 6.07) is 12.6. The Balaban J connectivity index is 0.00000127. The first-order valence-electron chi connectivity index (χ1n) is 9.41. The molecule has 144 valence electrons. The van der Waals surface area contributed by atoms with Gasteiger partial charge in [-0.1, -0.05) is 31.7 Å². The van der Waals surface area contributed by atoms with Crippen LogP contribution in [-0.2, 0) is 11.2 Å². The Morgan fingerprint density at radius 3 is 2.56 bits per heavy atom. The number of fused-ring (bicyclic) bond motifs is 1. The Labute approximate surface area is 164 Å². The van der Waals surface area contributed by atoms with Gasteiger partial charge < -0.3 is 4.90 Å². The third kappa shape index (κ3) is 4.19. The maximum atomic E-state index is 12.3. The first kappa shape index (κ1) is 20.6. The highest BCUT2D eigenvalue weighted by Crippen LogP contribution is 2.44. The zero-order valence-electron chi connectivity index (χ0n) is 16.9. The Bertz CT molecular complexity index is 833.